The Balaban J connectivity index is 1.50. The minimum absolute atomic E-state index is 0.729. The SMILES string of the molecule is C=CC1CC12[C@@H]1CN(c3ccccc3)C[C@@H]12. The van der Waals surface area contributed by atoms with Gasteiger partial charge >= 0.3 is 0 Å². The predicted molar refractivity (Wildman–Crippen MR) is 66.4 cm³/mol. The van der Waals surface area contributed by atoms with Gasteiger partial charge in [0.2, 0.25) is 0 Å². The van der Waals surface area contributed by atoms with E-state index in [1.54, 1.807) is 0 Å². The van der Waals surface area contributed by atoms with Gasteiger partial charge in [0.1, 0.15) is 0 Å². The largest absolute Gasteiger partial charge is 0.371 e. The third kappa shape index (κ3) is 0.922. The molecule has 1 aliphatic heterocycles. The van der Waals surface area contributed by atoms with Gasteiger partial charge in [-0.25, -0.2) is 0 Å². The topological polar surface area (TPSA) is 3.24 Å². The van der Waals surface area contributed by atoms with Crippen LogP contribution in [-0.4, -0.2) is 13.1 Å². The zero-order valence-corrected chi connectivity index (χ0v) is 9.47. The van der Waals surface area contributed by atoms with Crippen LogP contribution in [-0.2, 0) is 0 Å². The van der Waals surface area contributed by atoms with Gasteiger partial charge in [-0.15, -0.1) is 6.58 Å². The second-order valence-electron chi connectivity index (χ2n) is 5.61. The zero-order valence-electron chi connectivity index (χ0n) is 9.47. The van der Waals surface area contributed by atoms with E-state index in [4.69, 9.17) is 0 Å². The molecule has 1 saturated heterocycles. The normalized spacial score (nSPS) is 43.2. The number of allylic oxidation sites excluding steroid dienone is 1. The highest BCUT2D eigenvalue weighted by Gasteiger charge is 2.78. The van der Waals surface area contributed by atoms with Gasteiger partial charge in [-0.2, -0.15) is 0 Å². The zero-order chi connectivity index (χ0) is 10.8. The van der Waals surface area contributed by atoms with Gasteiger partial charge in [0.05, 0.1) is 0 Å². The minimum Gasteiger partial charge on any atom is -0.371 e. The first-order chi connectivity index (χ1) is 7.86. The molecule has 4 rings (SSSR count). The molecule has 82 valence electrons. The van der Waals surface area contributed by atoms with Crippen LogP contribution in [0.15, 0.2) is 43.0 Å². The summed E-state index contributed by atoms with van der Waals surface area (Å²) in [6.07, 6.45) is 3.61. The Hall–Kier alpha value is -1.24. The molecule has 2 unspecified atom stereocenters. The first kappa shape index (κ1) is 8.86. The van der Waals surface area contributed by atoms with Gasteiger partial charge in [-0.05, 0) is 41.7 Å². The Morgan fingerprint density at radius 1 is 1.19 bits per heavy atom. The molecule has 1 aromatic rings. The Bertz CT molecular complexity index is 424. The van der Waals surface area contributed by atoms with E-state index in [1.165, 1.54) is 25.2 Å². The molecule has 1 spiro atoms. The van der Waals surface area contributed by atoms with Gasteiger partial charge in [-0.3, -0.25) is 0 Å². The minimum atomic E-state index is 0.729. The molecule has 1 nitrogen and oxygen atoms in total. The molecule has 1 heteroatoms. The van der Waals surface area contributed by atoms with Crippen LogP contribution >= 0.6 is 0 Å². The first-order valence-electron chi connectivity index (χ1n) is 6.29. The van der Waals surface area contributed by atoms with Crippen molar-refractivity contribution in [1.82, 2.24) is 0 Å². The third-order valence-corrected chi connectivity index (χ3v) is 5.10. The molecule has 1 aromatic carbocycles. The molecule has 4 atom stereocenters. The molecule has 0 aromatic heterocycles. The standard InChI is InChI=1S/C15H17N/c1-2-11-8-15(11)13-9-16(10-14(13)15)12-6-4-3-5-7-12/h2-7,11,13-14H,1,8-10H2/t11?,13-,14+,15?. The average Bonchev–Trinajstić information content (AvgIpc) is 3.13. The van der Waals surface area contributed by atoms with Crippen molar-refractivity contribution in [2.45, 2.75) is 6.42 Å². The Kier molecular flexibility index (Phi) is 1.50. The quantitative estimate of drug-likeness (QED) is 0.680. The van der Waals surface area contributed by atoms with Crippen LogP contribution in [0.5, 0.6) is 0 Å². The lowest BCUT2D eigenvalue weighted by atomic mass is 10.1. The van der Waals surface area contributed by atoms with Gasteiger partial charge in [0.15, 0.2) is 0 Å². The van der Waals surface area contributed by atoms with E-state index < -0.39 is 0 Å². The molecular formula is C15H17N. The number of rotatable bonds is 2. The highest BCUT2D eigenvalue weighted by atomic mass is 15.2. The van der Waals surface area contributed by atoms with E-state index in [1.807, 2.05) is 0 Å². The lowest BCUT2D eigenvalue weighted by Crippen LogP contribution is -2.24. The summed E-state index contributed by atoms with van der Waals surface area (Å²) in [5.41, 5.74) is 2.13. The molecule has 3 aliphatic rings. The van der Waals surface area contributed by atoms with Crippen LogP contribution in [0.1, 0.15) is 6.42 Å². The molecule has 1 heterocycles. The molecule has 16 heavy (non-hydrogen) atoms. The van der Waals surface area contributed by atoms with Crippen molar-refractivity contribution in [3.05, 3.63) is 43.0 Å². The number of para-hydroxylation sites is 1. The fraction of sp³-hybridized carbons (Fsp3) is 0.467. The summed E-state index contributed by atoms with van der Waals surface area (Å²) in [6, 6.07) is 10.8. The van der Waals surface area contributed by atoms with Gasteiger partial charge in [-0.1, -0.05) is 24.3 Å². The number of anilines is 1. The van der Waals surface area contributed by atoms with Crippen LogP contribution in [0, 0.1) is 23.2 Å². The predicted octanol–water partition coefficient (Wildman–Crippen LogP) is 2.94. The number of benzene rings is 1. The van der Waals surface area contributed by atoms with Crippen LogP contribution in [0.25, 0.3) is 0 Å². The number of piperidine rings is 1. The van der Waals surface area contributed by atoms with E-state index in [0.717, 1.165) is 23.2 Å². The Morgan fingerprint density at radius 2 is 1.88 bits per heavy atom. The van der Waals surface area contributed by atoms with E-state index in [0.29, 0.717) is 0 Å². The fourth-order valence-electron chi connectivity index (χ4n) is 4.10. The summed E-state index contributed by atoms with van der Waals surface area (Å²) >= 11 is 0. The summed E-state index contributed by atoms with van der Waals surface area (Å²) in [4.78, 5) is 2.55. The van der Waals surface area contributed by atoms with Crippen molar-refractivity contribution >= 4 is 5.69 Å². The smallest absolute Gasteiger partial charge is 0.0366 e. The summed E-state index contributed by atoms with van der Waals surface area (Å²) in [6.45, 7) is 6.50. The lowest BCUT2D eigenvalue weighted by Gasteiger charge is -2.22. The molecule has 3 fully saturated rings. The highest BCUT2D eigenvalue weighted by molar-refractivity contribution is 5.51. The summed E-state index contributed by atoms with van der Waals surface area (Å²) in [7, 11) is 0. The summed E-state index contributed by atoms with van der Waals surface area (Å²) < 4.78 is 0. The maximum absolute atomic E-state index is 3.95. The Labute approximate surface area is 96.8 Å². The van der Waals surface area contributed by atoms with Gasteiger partial charge in [0, 0.05) is 18.8 Å². The molecule has 2 aliphatic carbocycles. The van der Waals surface area contributed by atoms with Gasteiger partial charge < -0.3 is 4.90 Å². The molecular weight excluding hydrogens is 194 g/mol. The van der Waals surface area contributed by atoms with Crippen molar-refractivity contribution < 1.29 is 0 Å². The van der Waals surface area contributed by atoms with E-state index >= 15 is 0 Å². The average molecular weight is 211 g/mol. The Morgan fingerprint density at radius 3 is 2.44 bits per heavy atom. The molecule has 0 radical (unpaired) electrons. The summed E-state index contributed by atoms with van der Waals surface area (Å²) in [5, 5.41) is 0. The van der Waals surface area contributed by atoms with Crippen molar-refractivity contribution in [3.8, 4) is 0 Å². The summed E-state index contributed by atoms with van der Waals surface area (Å²) in [5.74, 6) is 2.78. The maximum Gasteiger partial charge on any atom is 0.0366 e. The molecule has 0 N–H and O–H groups in total. The second kappa shape index (κ2) is 2.71. The molecule has 2 saturated carbocycles. The van der Waals surface area contributed by atoms with Crippen molar-refractivity contribution in [2.24, 2.45) is 23.2 Å². The number of fused-ring (bicyclic) bond motifs is 3. The monoisotopic (exact) mass is 211 g/mol. The third-order valence-electron chi connectivity index (χ3n) is 5.10. The molecule has 0 bridgehead atoms. The van der Waals surface area contributed by atoms with Crippen molar-refractivity contribution in [1.29, 1.82) is 0 Å². The van der Waals surface area contributed by atoms with E-state index in [-0.39, 0.29) is 0 Å². The maximum atomic E-state index is 3.95. The van der Waals surface area contributed by atoms with Crippen molar-refractivity contribution in [3.63, 3.8) is 0 Å². The lowest BCUT2D eigenvalue weighted by molar-refractivity contribution is 0.610. The first-order valence-corrected chi connectivity index (χ1v) is 6.29. The fourth-order valence-corrected chi connectivity index (χ4v) is 4.10. The number of hydrogen-bond donors (Lipinski definition) is 0. The number of hydrogen-bond acceptors (Lipinski definition) is 1. The van der Waals surface area contributed by atoms with E-state index in [2.05, 4.69) is 47.9 Å². The van der Waals surface area contributed by atoms with E-state index in [9.17, 15) is 0 Å². The van der Waals surface area contributed by atoms with Gasteiger partial charge in [0.25, 0.3) is 0 Å². The second-order valence-corrected chi connectivity index (χ2v) is 5.61. The van der Waals surface area contributed by atoms with Crippen molar-refractivity contribution in [2.75, 3.05) is 18.0 Å². The van der Waals surface area contributed by atoms with Crippen LogP contribution in [0.4, 0.5) is 5.69 Å². The van der Waals surface area contributed by atoms with Crippen LogP contribution in [0.3, 0.4) is 0 Å². The van der Waals surface area contributed by atoms with Crippen LogP contribution in [0.2, 0.25) is 0 Å². The van der Waals surface area contributed by atoms with Crippen LogP contribution < -0.4 is 4.90 Å². The highest BCUT2D eigenvalue weighted by Crippen LogP contribution is 2.80. The molecule has 0 amide bonds. The number of nitrogens with zero attached hydrogens (tertiary/aromatic N) is 1.